The Morgan fingerprint density at radius 2 is 2.00 bits per heavy atom. The molecule has 0 bridgehead atoms. The second-order valence-corrected chi connectivity index (χ2v) is 3.62. The summed E-state index contributed by atoms with van der Waals surface area (Å²) in [5.41, 5.74) is 5.02. The molecule has 1 aliphatic rings. The van der Waals surface area contributed by atoms with Crippen LogP contribution < -0.4 is 11.1 Å². The number of amides is 1. The van der Waals surface area contributed by atoms with E-state index in [2.05, 4.69) is 5.32 Å². The number of benzene rings is 1. The molecule has 2 rings (SSSR count). The lowest BCUT2D eigenvalue weighted by atomic mass is 10.2. The van der Waals surface area contributed by atoms with Crippen molar-refractivity contribution < 1.29 is 13.6 Å². The highest BCUT2D eigenvalue weighted by molar-refractivity contribution is 5.94. The number of halogens is 2. The van der Waals surface area contributed by atoms with Gasteiger partial charge < -0.3 is 11.1 Å². The molecule has 5 heteroatoms. The van der Waals surface area contributed by atoms with E-state index in [-0.39, 0.29) is 23.2 Å². The lowest BCUT2D eigenvalue weighted by Gasteiger charge is -2.07. The number of nitrogen functional groups attached to an aromatic ring is 1. The molecule has 15 heavy (non-hydrogen) atoms. The molecule has 1 aromatic carbocycles. The van der Waals surface area contributed by atoms with Crippen LogP contribution in [0.5, 0.6) is 0 Å². The van der Waals surface area contributed by atoms with Crippen LogP contribution in [0.25, 0.3) is 0 Å². The lowest BCUT2D eigenvalue weighted by Crippen LogP contribution is -2.14. The van der Waals surface area contributed by atoms with Gasteiger partial charge in [-0.05, 0) is 18.9 Å². The third-order valence-electron chi connectivity index (χ3n) is 2.29. The Kier molecular flexibility index (Phi) is 2.30. The standard InChI is InChI=1S/C10H10F2N2O/c11-6-3-7(12)9(4-8(6)13)14-10(15)5-1-2-5/h3-5H,1-2,13H2,(H,14,15). The number of carbonyl (C=O) groups is 1. The van der Waals surface area contributed by atoms with Crippen molar-refractivity contribution in [2.45, 2.75) is 12.8 Å². The number of anilines is 2. The van der Waals surface area contributed by atoms with Crippen molar-refractivity contribution in [3.8, 4) is 0 Å². The Bertz CT molecular complexity index is 416. The second kappa shape index (κ2) is 3.49. The number of nitrogens with two attached hydrogens (primary N) is 1. The number of hydrogen-bond acceptors (Lipinski definition) is 2. The minimum absolute atomic E-state index is 0.0318. The predicted octanol–water partition coefficient (Wildman–Crippen LogP) is 1.90. The molecule has 80 valence electrons. The molecule has 1 aliphatic carbocycles. The summed E-state index contributed by atoms with van der Waals surface area (Å²) in [5, 5.41) is 2.38. The molecule has 0 unspecified atom stereocenters. The average molecular weight is 212 g/mol. The molecule has 0 radical (unpaired) electrons. The van der Waals surface area contributed by atoms with E-state index in [9.17, 15) is 13.6 Å². The van der Waals surface area contributed by atoms with Crippen molar-refractivity contribution in [3.05, 3.63) is 23.8 Å². The van der Waals surface area contributed by atoms with Crippen LogP contribution in [-0.2, 0) is 4.79 Å². The van der Waals surface area contributed by atoms with Gasteiger partial charge >= 0.3 is 0 Å². The van der Waals surface area contributed by atoms with Gasteiger partial charge in [0, 0.05) is 12.0 Å². The Morgan fingerprint density at radius 1 is 1.33 bits per heavy atom. The van der Waals surface area contributed by atoms with Gasteiger partial charge in [0.05, 0.1) is 11.4 Å². The summed E-state index contributed by atoms with van der Waals surface area (Å²) in [6, 6.07) is 1.75. The summed E-state index contributed by atoms with van der Waals surface area (Å²) in [5.74, 6) is -1.90. The highest BCUT2D eigenvalue weighted by Crippen LogP contribution is 2.31. The molecule has 1 saturated carbocycles. The minimum Gasteiger partial charge on any atom is -0.396 e. The van der Waals surface area contributed by atoms with Gasteiger partial charge in [-0.15, -0.1) is 0 Å². The summed E-state index contributed by atoms with van der Waals surface area (Å²) >= 11 is 0. The van der Waals surface area contributed by atoms with Gasteiger partial charge in [0.2, 0.25) is 5.91 Å². The molecular weight excluding hydrogens is 202 g/mol. The minimum atomic E-state index is -0.822. The lowest BCUT2D eigenvalue weighted by molar-refractivity contribution is -0.117. The first-order valence-corrected chi connectivity index (χ1v) is 4.63. The van der Waals surface area contributed by atoms with E-state index in [1.54, 1.807) is 0 Å². The summed E-state index contributed by atoms with van der Waals surface area (Å²) in [4.78, 5) is 11.3. The Hall–Kier alpha value is -1.65. The summed E-state index contributed by atoms with van der Waals surface area (Å²) in [6.45, 7) is 0. The van der Waals surface area contributed by atoms with Crippen LogP contribution in [0, 0.1) is 17.6 Å². The Labute approximate surface area is 85.3 Å². The van der Waals surface area contributed by atoms with E-state index in [1.165, 1.54) is 0 Å². The molecule has 3 N–H and O–H groups in total. The summed E-state index contributed by atoms with van der Waals surface area (Å²) in [6.07, 6.45) is 1.65. The topological polar surface area (TPSA) is 55.1 Å². The zero-order chi connectivity index (χ0) is 11.0. The van der Waals surface area contributed by atoms with Gasteiger partial charge in [-0.25, -0.2) is 8.78 Å². The molecule has 0 aromatic heterocycles. The van der Waals surface area contributed by atoms with E-state index in [1.807, 2.05) is 0 Å². The fraction of sp³-hybridized carbons (Fsp3) is 0.300. The maximum Gasteiger partial charge on any atom is 0.227 e. The maximum absolute atomic E-state index is 13.2. The number of carbonyl (C=O) groups excluding carboxylic acids is 1. The van der Waals surface area contributed by atoms with Crippen LogP contribution in [0.15, 0.2) is 12.1 Å². The monoisotopic (exact) mass is 212 g/mol. The van der Waals surface area contributed by atoms with Crippen molar-refractivity contribution in [1.82, 2.24) is 0 Å². The van der Waals surface area contributed by atoms with Gasteiger partial charge in [-0.2, -0.15) is 0 Å². The number of hydrogen-bond donors (Lipinski definition) is 2. The molecule has 1 fully saturated rings. The fourth-order valence-corrected chi connectivity index (χ4v) is 1.24. The quantitative estimate of drug-likeness (QED) is 0.735. The van der Waals surface area contributed by atoms with Crippen LogP contribution in [0.1, 0.15) is 12.8 Å². The highest BCUT2D eigenvalue weighted by atomic mass is 19.1. The van der Waals surface area contributed by atoms with E-state index in [0.29, 0.717) is 6.07 Å². The first-order valence-electron chi connectivity index (χ1n) is 4.63. The molecule has 1 aromatic rings. The van der Waals surface area contributed by atoms with Gasteiger partial charge in [0.15, 0.2) is 0 Å². The molecule has 0 heterocycles. The van der Waals surface area contributed by atoms with Crippen LogP contribution in [0.3, 0.4) is 0 Å². The highest BCUT2D eigenvalue weighted by Gasteiger charge is 2.30. The maximum atomic E-state index is 13.2. The van der Waals surface area contributed by atoms with Crippen molar-refractivity contribution in [2.24, 2.45) is 5.92 Å². The zero-order valence-corrected chi connectivity index (χ0v) is 7.89. The smallest absolute Gasteiger partial charge is 0.227 e. The Balaban J connectivity index is 2.20. The second-order valence-electron chi connectivity index (χ2n) is 3.62. The molecule has 0 saturated heterocycles. The van der Waals surface area contributed by atoms with Crippen LogP contribution >= 0.6 is 0 Å². The number of nitrogens with one attached hydrogen (secondary N) is 1. The third kappa shape index (κ3) is 2.06. The van der Waals surface area contributed by atoms with Gasteiger partial charge in [0.1, 0.15) is 11.6 Å². The largest absolute Gasteiger partial charge is 0.396 e. The first kappa shape index (κ1) is 9.89. The molecule has 0 atom stereocenters. The molecule has 3 nitrogen and oxygen atoms in total. The molecular formula is C10H10F2N2O. The Morgan fingerprint density at radius 3 is 2.60 bits per heavy atom. The van der Waals surface area contributed by atoms with E-state index in [0.717, 1.165) is 18.9 Å². The van der Waals surface area contributed by atoms with E-state index in [4.69, 9.17) is 5.73 Å². The summed E-state index contributed by atoms with van der Waals surface area (Å²) in [7, 11) is 0. The van der Waals surface area contributed by atoms with Gasteiger partial charge in [-0.3, -0.25) is 4.79 Å². The molecule has 0 spiro atoms. The predicted molar refractivity (Wildman–Crippen MR) is 52.1 cm³/mol. The van der Waals surface area contributed by atoms with Crippen molar-refractivity contribution in [1.29, 1.82) is 0 Å². The van der Waals surface area contributed by atoms with Crippen LogP contribution in [-0.4, -0.2) is 5.91 Å². The first-order chi connectivity index (χ1) is 7.08. The SMILES string of the molecule is Nc1cc(NC(=O)C2CC2)c(F)cc1F. The van der Waals surface area contributed by atoms with Crippen LogP contribution in [0.4, 0.5) is 20.2 Å². The fourth-order valence-electron chi connectivity index (χ4n) is 1.24. The van der Waals surface area contributed by atoms with Crippen molar-refractivity contribution >= 4 is 17.3 Å². The van der Waals surface area contributed by atoms with E-state index < -0.39 is 11.6 Å². The number of rotatable bonds is 2. The molecule has 0 aliphatic heterocycles. The van der Waals surface area contributed by atoms with Crippen molar-refractivity contribution in [2.75, 3.05) is 11.1 Å². The van der Waals surface area contributed by atoms with E-state index >= 15 is 0 Å². The van der Waals surface area contributed by atoms with Gasteiger partial charge in [-0.1, -0.05) is 0 Å². The van der Waals surface area contributed by atoms with Crippen LogP contribution in [0.2, 0.25) is 0 Å². The zero-order valence-electron chi connectivity index (χ0n) is 7.89. The normalized spacial score (nSPS) is 15.1. The molecule has 1 amide bonds. The summed E-state index contributed by atoms with van der Waals surface area (Å²) < 4.78 is 26.0. The van der Waals surface area contributed by atoms with Gasteiger partial charge in [0.25, 0.3) is 0 Å². The average Bonchev–Trinajstić information content (AvgIpc) is 2.97. The van der Waals surface area contributed by atoms with Crippen molar-refractivity contribution in [3.63, 3.8) is 0 Å². The third-order valence-corrected chi connectivity index (χ3v) is 2.29.